The van der Waals surface area contributed by atoms with Gasteiger partial charge in [-0.3, -0.25) is 0 Å². The number of aliphatic imine (C=N–C) groups is 2. The van der Waals surface area contributed by atoms with Crippen LogP contribution in [0.5, 0.6) is 0 Å². The molecule has 0 aliphatic rings. The molecule has 0 aliphatic heterocycles. The summed E-state index contributed by atoms with van der Waals surface area (Å²) in [5, 5.41) is 0. The van der Waals surface area contributed by atoms with Gasteiger partial charge in [-0.05, 0) is 46.8 Å². The van der Waals surface area contributed by atoms with Gasteiger partial charge in [0.15, 0.2) is 0 Å². The first-order chi connectivity index (χ1) is 17.9. The molecule has 0 atom stereocenters. The SMILES string of the molecule is C(=NCCCCCCN=C=C(c1ccccc1)c1ccccc1)=C(c1ccccc1)c1ccccc1. The monoisotopic (exact) mass is 468 g/mol. The van der Waals surface area contributed by atoms with Gasteiger partial charge in [-0.1, -0.05) is 134 Å². The quantitative estimate of drug-likeness (QED) is 0.157. The molecule has 0 bridgehead atoms. The minimum absolute atomic E-state index is 0.790. The van der Waals surface area contributed by atoms with Gasteiger partial charge in [-0.2, -0.15) is 0 Å². The molecule has 4 aromatic carbocycles. The lowest BCUT2D eigenvalue weighted by Crippen LogP contribution is -1.90. The van der Waals surface area contributed by atoms with Crippen LogP contribution in [0.1, 0.15) is 47.9 Å². The van der Waals surface area contributed by atoms with Crippen LogP contribution in [0.3, 0.4) is 0 Å². The normalized spacial score (nSPS) is 10.1. The highest BCUT2D eigenvalue weighted by molar-refractivity contribution is 5.99. The molecule has 0 fully saturated rings. The average Bonchev–Trinajstić information content (AvgIpc) is 2.96. The van der Waals surface area contributed by atoms with Gasteiger partial charge in [-0.25, -0.2) is 9.98 Å². The summed E-state index contributed by atoms with van der Waals surface area (Å²) in [6.07, 6.45) is 4.40. The van der Waals surface area contributed by atoms with Crippen LogP contribution in [0.4, 0.5) is 0 Å². The van der Waals surface area contributed by atoms with E-state index in [0.717, 1.165) is 72.2 Å². The van der Waals surface area contributed by atoms with E-state index in [2.05, 4.69) is 119 Å². The first kappa shape index (κ1) is 24.9. The molecule has 0 saturated carbocycles. The second-order valence-corrected chi connectivity index (χ2v) is 8.62. The molecule has 0 N–H and O–H groups in total. The number of hydrogen-bond acceptors (Lipinski definition) is 2. The molecule has 0 aromatic heterocycles. The van der Waals surface area contributed by atoms with Gasteiger partial charge >= 0.3 is 0 Å². The first-order valence-corrected chi connectivity index (χ1v) is 12.7. The molecule has 2 nitrogen and oxygen atoms in total. The zero-order chi connectivity index (χ0) is 24.7. The van der Waals surface area contributed by atoms with Crippen molar-refractivity contribution in [2.75, 3.05) is 13.1 Å². The number of unbranched alkanes of at least 4 members (excludes halogenated alkanes) is 3. The second kappa shape index (κ2) is 14.2. The maximum absolute atomic E-state index is 4.62. The van der Waals surface area contributed by atoms with Crippen molar-refractivity contribution in [3.8, 4) is 0 Å². The van der Waals surface area contributed by atoms with Crippen molar-refractivity contribution in [2.24, 2.45) is 9.98 Å². The van der Waals surface area contributed by atoms with Gasteiger partial charge in [0.25, 0.3) is 0 Å². The predicted octanol–water partition coefficient (Wildman–Crippen LogP) is 8.15. The molecule has 0 radical (unpaired) electrons. The molecular formula is C34H32N2. The largest absolute Gasteiger partial charge is 0.242 e. The van der Waals surface area contributed by atoms with E-state index in [-0.39, 0.29) is 0 Å². The average molecular weight is 469 g/mol. The Kier molecular flexibility index (Phi) is 9.85. The van der Waals surface area contributed by atoms with Gasteiger partial charge in [-0.15, -0.1) is 0 Å². The van der Waals surface area contributed by atoms with Crippen LogP contribution in [-0.2, 0) is 0 Å². The van der Waals surface area contributed by atoms with Crippen molar-refractivity contribution in [1.82, 2.24) is 0 Å². The van der Waals surface area contributed by atoms with Crippen LogP contribution in [-0.4, -0.2) is 24.8 Å². The summed E-state index contributed by atoms with van der Waals surface area (Å²) in [4.78, 5) is 9.25. The van der Waals surface area contributed by atoms with E-state index in [0.29, 0.717) is 0 Å². The Bertz CT molecular complexity index is 1120. The molecule has 36 heavy (non-hydrogen) atoms. The van der Waals surface area contributed by atoms with Crippen LogP contribution in [0.15, 0.2) is 131 Å². The predicted molar refractivity (Wildman–Crippen MR) is 154 cm³/mol. The van der Waals surface area contributed by atoms with Crippen LogP contribution in [0.25, 0.3) is 11.1 Å². The molecule has 2 heteroatoms. The van der Waals surface area contributed by atoms with Crippen LogP contribution >= 0.6 is 0 Å². The standard InChI is InChI=1S/C34H32N2/c1(15-25-35-27-33(29-17-7-3-8-18-29)30-19-9-4-10-20-30)2-16-26-36-28-34(31-21-11-5-12-22-31)32-23-13-6-14-24-32/h3-14,17-24H,1-2,15-16,25-26H2. The summed E-state index contributed by atoms with van der Waals surface area (Å²) in [6, 6.07) is 41.5. The van der Waals surface area contributed by atoms with E-state index in [4.69, 9.17) is 0 Å². The number of rotatable bonds is 11. The molecule has 4 rings (SSSR count). The zero-order valence-corrected chi connectivity index (χ0v) is 20.7. The fourth-order valence-corrected chi connectivity index (χ4v) is 4.02. The molecule has 178 valence electrons. The number of benzene rings is 4. The van der Waals surface area contributed by atoms with E-state index < -0.39 is 0 Å². The Morgan fingerprint density at radius 2 is 0.667 bits per heavy atom. The molecule has 0 amide bonds. The van der Waals surface area contributed by atoms with Gasteiger partial charge < -0.3 is 0 Å². The Morgan fingerprint density at radius 3 is 0.944 bits per heavy atom. The smallest absolute Gasteiger partial charge is 0.0500 e. The maximum Gasteiger partial charge on any atom is 0.0500 e. The lowest BCUT2D eigenvalue weighted by molar-refractivity contribution is 0.656. The minimum Gasteiger partial charge on any atom is -0.242 e. The van der Waals surface area contributed by atoms with E-state index in [1.165, 1.54) is 0 Å². The molecule has 0 aliphatic carbocycles. The van der Waals surface area contributed by atoms with E-state index in [9.17, 15) is 0 Å². The van der Waals surface area contributed by atoms with E-state index in [1.54, 1.807) is 0 Å². The second-order valence-electron chi connectivity index (χ2n) is 8.62. The molecule has 0 saturated heterocycles. The summed E-state index contributed by atoms with van der Waals surface area (Å²) in [7, 11) is 0. The summed E-state index contributed by atoms with van der Waals surface area (Å²) < 4.78 is 0. The van der Waals surface area contributed by atoms with E-state index >= 15 is 0 Å². The van der Waals surface area contributed by atoms with Crippen LogP contribution in [0, 0.1) is 0 Å². The van der Waals surface area contributed by atoms with Crippen molar-refractivity contribution in [3.05, 3.63) is 144 Å². The van der Waals surface area contributed by atoms with Crippen LogP contribution in [0.2, 0.25) is 0 Å². The fourth-order valence-electron chi connectivity index (χ4n) is 4.02. The van der Waals surface area contributed by atoms with Gasteiger partial charge in [0.1, 0.15) is 0 Å². The Hall–Kier alpha value is -4.22. The summed E-state index contributed by atoms with van der Waals surface area (Å²) in [5.41, 5.74) is 6.66. The summed E-state index contributed by atoms with van der Waals surface area (Å²) in [5.74, 6) is 6.63. The van der Waals surface area contributed by atoms with E-state index in [1.807, 2.05) is 24.3 Å². The number of hydrogen-bond donors (Lipinski definition) is 0. The van der Waals surface area contributed by atoms with Crippen molar-refractivity contribution in [2.45, 2.75) is 25.7 Å². The number of nitrogens with zero attached hydrogens (tertiary/aromatic N) is 2. The summed E-state index contributed by atoms with van der Waals surface area (Å²) in [6.45, 7) is 1.58. The molecule has 0 unspecified atom stereocenters. The zero-order valence-electron chi connectivity index (χ0n) is 20.7. The van der Waals surface area contributed by atoms with Gasteiger partial charge in [0, 0.05) is 13.1 Å². The third kappa shape index (κ3) is 7.65. The molecule has 0 heterocycles. The van der Waals surface area contributed by atoms with Gasteiger partial charge in [0.2, 0.25) is 0 Å². The summed E-state index contributed by atoms with van der Waals surface area (Å²) >= 11 is 0. The lowest BCUT2D eigenvalue weighted by atomic mass is 9.99. The highest BCUT2D eigenvalue weighted by Gasteiger charge is 2.04. The van der Waals surface area contributed by atoms with Crippen molar-refractivity contribution >= 4 is 22.9 Å². The molecule has 0 spiro atoms. The van der Waals surface area contributed by atoms with Crippen molar-refractivity contribution in [3.63, 3.8) is 0 Å². The molecular weight excluding hydrogens is 436 g/mol. The Balaban J connectivity index is 1.29. The maximum atomic E-state index is 4.62. The Morgan fingerprint density at radius 1 is 0.389 bits per heavy atom. The van der Waals surface area contributed by atoms with Crippen LogP contribution < -0.4 is 0 Å². The highest BCUT2D eigenvalue weighted by Crippen LogP contribution is 2.21. The minimum atomic E-state index is 0.790. The third-order valence-corrected chi connectivity index (χ3v) is 5.92. The lowest BCUT2D eigenvalue weighted by Gasteiger charge is -2.04. The van der Waals surface area contributed by atoms with Crippen molar-refractivity contribution in [1.29, 1.82) is 0 Å². The van der Waals surface area contributed by atoms with Crippen molar-refractivity contribution < 1.29 is 0 Å². The fraction of sp³-hybridized carbons (Fsp3) is 0.176. The highest BCUT2D eigenvalue weighted by atomic mass is 14.7. The topological polar surface area (TPSA) is 24.7 Å². The Labute approximate surface area is 215 Å². The first-order valence-electron chi connectivity index (χ1n) is 12.7. The third-order valence-electron chi connectivity index (χ3n) is 5.92. The van der Waals surface area contributed by atoms with Gasteiger partial charge in [0.05, 0.1) is 11.1 Å². The molecule has 4 aromatic rings.